The summed E-state index contributed by atoms with van der Waals surface area (Å²) in [5.74, 6) is -3.46. The second-order valence-electron chi connectivity index (χ2n) is 9.13. The van der Waals surface area contributed by atoms with Crippen molar-refractivity contribution in [1.29, 1.82) is 0 Å². The monoisotopic (exact) mass is 500 g/mol. The van der Waals surface area contributed by atoms with Crippen LogP contribution in [0.4, 0.5) is 0 Å². The molecule has 0 aromatic rings. The van der Waals surface area contributed by atoms with Crippen LogP contribution in [0.15, 0.2) is 0 Å². The van der Waals surface area contributed by atoms with Gasteiger partial charge in [-0.1, -0.05) is 13.8 Å². The van der Waals surface area contributed by atoms with Crippen molar-refractivity contribution < 1.29 is 34.2 Å². The van der Waals surface area contributed by atoms with Gasteiger partial charge in [-0.25, -0.2) is 4.79 Å². The summed E-state index contributed by atoms with van der Waals surface area (Å²) in [4.78, 5) is 62.6. The molecule has 0 radical (unpaired) electrons. The third kappa shape index (κ3) is 10.2. The number of hydrogen-bond acceptors (Lipinski definition) is 8. The Morgan fingerprint density at radius 3 is 2.34 bits per heavy atom. The molecule has 13 nitrogen and oxygen atoms in total. The van der Waals surface area contributed by atoms with Crippen molar-refractivity contribution in [2.75, 3.05) is 26.2 Å². The lowest BCUT2D eigenvalue weighted by Gasteiger charge is -2.27. The summed E-state index contributed by atoms with van der Waals surface area (Å²) in [6, 6.07) is -4.03. The second-order valence-corrected chi connectivity index (χ2v) is 9.13. The Morgan fingerprint density at radius 2 is 1.77 bits per heavy atom. The summed E-state index contributed by atoms with van der Waals surface area (Å²) in [6.45, 7) is 3.43. The van der Waals surface area contributed by atoms with Crippen LogP contribution >= 0.6 is 0 Å². The van der Waals surface area contributed by atoms with E-state index < -0.39 is 61.0 Å². The number of aliphatic hydroxyl groups excluding tert-OH is 1. The van der Waals surface area contributed by atoms with E-state index in [4.69, 9.17) is 11.5 Å². The number of nitrogens with one attached hydrogen (secondary N) is 3. The molecule has 1 fully saturated rings. The molecule has 1 rings (SSSR count). The normalized spacial score (nSPS) is 18.0. The minimum atomic E-state index is -1.39. The molecule has 0 bridgehead atoms. The zero-order valence-corrected chi connectivity index (χ0v) is 20.5. The first-order valence-electron chi connectivity index (χ1n) is 12.0. The van der Waals surface area contributed by atoms with E-state index in [2.05, 4.69) is 16.0 Å². The maximum absolute atomic E-state index is 12.6. The van der Waals surface area contributed by atoms with Crippen LogP contribution in [0.1, 0.15) is 52.4 Å². The average Bonchev–Trinajstić information content (AvgIpc) is 3.29. The van der Waals surface area contributed by atoms with E-state index in [-0.39, 0.29) is 18.2 Å². The van der Waals surface area contributed by atoms with Crippen molar-refractivity contribution in [2.24, 2.45) is 17.4 Å². The molecule has 1 heterocycles. The van der Waals surface area contributed by atoms with Crippen LogP contribution in [-0.2, 0) is 24.0 Å². The summed E-state index contributed by atoms with van der Waals surface area (Å²) in [5, 5.41) is 25.8. The summed E-state index contributed by atoms with van der Waals surface area (Å²) < 4.78 is 0. The second kappa shape index (κ2) is 15.3. The molecule has 0 aromatic heterocycles. The lowest BCUT2D eigenvalue weighted by molar-refractivity contribution is -0.142. The number of hydrogen-bond donors (Lipinski definition) is 7. The lowest BCUT2D eigenvalue weighted by Crippen LogP contribution is -2.55. The van der Waals surface area contributed by atoms with Gasteiger partial charge in [0.05, 0.1) is 19.2 Å². The zero-order chi connectivity index (χ0) is 26.5. The third-order valence-electron chi connectivity index (χ3n) is 5.70. The van der Waals surface area contributed by atoms with Gasteiger partial charge in [0.1, 0.15) is 18.1 Å². The van der Waals surface area contributed by atoms with Crippen molar-refractivity contribution in [3.05, 3.63) is 0 Å². The topological polar surface area (TPSA) is 217 Å². The van der Waals surface area contributed by atoms with Crippen molar-refractivity contribution in [2.45, 2.75) is 76.5 Å². The lowest BCUT2D eigenvalue weighted by atomic mass is 10.0. The van der Waals surface area contributed by atoms with Gasteiger partial charge in [0.25, 0.3) is 0 Å². The molecule has 1 aliphatic rings. The highest BCUT2D eigenvalue weighted by Crippen LogP contribution is 2.19. The van der Waals surface area contributed by atoms with E-state index in [9.17, 15) is 34.2 Å². The molecule has 0 saturated carbocycles. The van der Waals surface area contributed by atoms with Crippen molar-refractivity contribution >= 4 is 29.6 Å². The summed E-state index contributed by atoms with van der Waals surface area (Å²) in [5.41, 5.74) is 11.4. The first-order chi connectivity index (χ1) is 16.5. The number of aliphatic hydroxyl groups is 1. The van der Waals surface area contributed by atoms with Crippen LogP contribution in [-0.4, -0.2) is 95.1 Å². The minimum absolute atomic E-state index is 0.151. The van der Waals surface area contributed by atoms with E-state index >= 15 is 0 Å². The standard InChI is InChI=1S/C22H40N6O7/c1-13(2)10-14(24)21(33)28-9-5-7-17(28)20(32)25-11-18(30)26-16(12-29)19(31)27-15(22(34)35)6-3-4-8-23/h13-17,29H,3-12,23-24H2,1-2H3,(H,25,32)(H,26,30)(H,27,31)(H,34,35)/t14-,15-,16-,17-/m0/s1. The van der Waals surface area contributed by atoms with Gasteiger partial charge < -0.3 is 42.5 Å². The number of nitrogens with zero attached hydrogens (tertiary/aromatic N) is 1. The van der Waals surface area contributed by atoms with Gasteiger partial charge in [0.2, 0.25) is 23.6 Å². The van der Waals surface area contributed by atoms with E-state index in [1.54, 1.807) is 0 Å². The number of rotatable bonds is 15. The number of aliphatic carboxylic acids is 1. The van der Waals surface area contributed by atoms with E-state index in [0.717, 1.165) is 0 Å². The van der Waals surface area contributed by atoms with E-state index in [1.807, 2.05) is 13.8 Å². The molecule has 4 amide bonds. The molecule has 0 spiro atoms. The maximum Gasteiger partial charge on any atom is 0.326 e. The predicted octanol–water partition coefficient (Wildman–Crippen LogP) is -2.36. The molecule has 0 aliphatic carbocycles. The van der Waals surface area contributed by atoms with Crippen LogP contribution in [0.3, 0.4) is 0 Å². The smallest absolute Gasteiger partial charge is 0.326 e. The van der Waals surface area contributed by atoms with Crippen molar-refractivity contribution in [3.8, 4) is 0 Å². The molecular weight excluding hydrogens is 460 g/mol. The number of carboxylic acids is 1. The Bertz CT molecular complexity index is 748. The minimum Gasteiger partial charge on any atom is -0.480 e. The van der Waals surface area contributed by atoms with Crippen LogP contribution in [0.5, 0.6) is 0 Å². The fourth-order valence-corrected chi connectivity index (χ4v) is 3.87. The highest BCUT2D eigenvalue weighted by molar-refractivity contribution is 5.94. The van der Waals surface area contributed by atoms with Crippen LogP contribution in [0.2, 0.25) is 0 Å². The van der Waals surface area contributed by atoms with Crippen LogP contribution in [0.25, 0.3) is 0 Å². The number of carboxylic acid groups (broad SMARTS) is 1. The number of unbranched alkanes of at least 4 members (excludes halogenated alkanes) is 1. The number of carbonyl (C=O) groups excluding carboxylic acids is 4. The molecule has 0 aromatic carbocycles. The zero-order valence-electron chi connectivity index (χ0n) is 20.5. The van der Waals surface area contributed by atoms with Gasteiger partial charge in [-0.2, -0.15) is 0 Å². The predicted molar refractivity (Wildman–Crippen MR) is 127 cm³/mol. The molecular formula is C22H40N6O7. The van der Waals surface area contributed by atoms with Gasteiger partial charge in [0, 0.05) is 6.54 Å². The molecule has 35 heavy (non-hydrogen) atoms. The van der Waals surface area contributed by atoms with Crippen molar-refractivity contribution in [3.63, 3.8) is 0 Å². The molecule has 0 unspecified atom stereocenters. The first-order valence-corrected chi connectivity index (χ1v) is 12.0. The maximum atomic E-state index is 12.6. The van der Waals surface area contributed by atoms with Gasteiger partial charge in [-0.05, 0) is 51.0 Å². The number of amides is 4. The summed E-state index contributed by atoms with van der Waals surface area (Å²) in [6.07, 6.45) is 2.79. The molecule has 9 N–H and O–H groups in total. The molecule has 1 aliphatic heterocycles. The Labute approximate surface area is 205 Å². The molecule has 4 atom stereocenters. The Balaban J connectivity index is 2.59. The highest BCUT2D eigenvalue weighted by atomic mass is 16.4. The largest absolute Gasteiger partial charge is 0.480 e. The van der Waals surface area contributed by atoms with Gasteiger partial charge in [0.15, 0.2) is 0 Å². The van der Waals surface area contributed by atoms with E-state index in [0.29, 0.717) is 45.2 Å². The van der Waals surface area contributed by atoms with Gasteiger partial charge in [-0.15, -0.1) is 0 Å². The molecule has 13 heteroatoms. The SMILES string of the molecule is CC(C)C[C@H](N)C(=O)N1CCC[C@H]1C(=O)NCC(=O)N[C@@H](CO)C(=O)N[C@@H](CCCCN)C(=O)O. The quantitative estimate of drug-likeness (QED) is 0.119. The van der Waals surface area contributed by atoms with Crippen LogP contribution < -0.4 is 27.4 Å². The number of nitrogens with two attached hydrogens (primary N) is 2. The highest BCUT2D eigenvalue weighted by Gasteiger charge is 2.36. The van der Waals surface area contributed by atoms with Crippen LogP contribution in [0, 0.1) is 5.92 Å². The Hall–Kier alpha value is -2.77. The molecule has 200 valence electrons. The van der Waals surface area contributed by atoms with E-state index in [1.165, 1.54) is 4.90 Å². The Kier molecular flexibility index (Phi) is 13.2. The first kappa shape index (κ1) is 30.3. The van der Waals surface area contributed by atoms with Crippen molar-refractivity contribution in [1.82, 2.24) is 20.9 Å². The third-order valence-corrected chi connectivity index (χ3v) is 5.70. The number of likely N-dealkylation sites (tertiary alicyclic amines) is 1. The fraction of sp³-hybridized carbons (Fsp3) is 0.773. The average molecular weight is 501 g/mol. The fourth-order valence-electron chi connectivity index (χ4n) is 3.87. The van der Waals surface area contributed by atoms with Gasteiger partial charge in [-0.3, -0.25) is 19.2 Å². The Morgan fingerprint density at radius 1 is 1.09 bits per heavy atom. The summed E-state index contributed by atoms with van der Waals surface area (Å²) >= 11 is 0. The van der Waals surface area contributed by atoms with Gasteiger partial charge >= 0.3 is 5.97 Å². The summed E-state index contributed by atoms with van der Waals surface area (Å²) in [7, 11) is 0. The number of carbonyl (C=O) groups is 5. The molecule has 1 saturated heterocycles.